The predicted octanol–water partition coefficient (Wildman–Crippen LogP) is 3.24. The number of hydrogen-bond acceptors (Lipinski definition) is 4. The van der Waals surface area contributed by atoms with Gasteiger partial charge in [0.25, 0.3) is 11.5 Å². The number of nitrogens with zero attached hydrogens (tertiary/aromatic N) is 1. The van der Waals surface area contributed by atoms with Crippen LogP contribution in [0, 0.1) is 0 Å². The van der Waals surface area contributed by atoms with Crippen molar-refractivity contribution in [1.29, 1.82) is 0 Å². The van der Waals surface area contributed by atoms with Crippen molar-refractivity contribution in [2.75, 3.05) is 6.54 Å². The van der Waals surface area contributed by atoms with Crippen LogP contribution >= 0.6 is 0 Å². The first-order valence-electron chi connectivity index (χ1n) is 10.3. The van der Waals surface area contributed by atoms with Gasteiger partial charge < -0.3 is 10.3 Å². The number of carbonyl (C=O) groups excluding carboxylic acids is 2. The zero-order valence-corrected chi connectivity index (χ0v) is 17.0. The third-order valence-electron chi connectivity index (χ3n) is 4.63. The standard InChI is InChI=1S/C22H30N4O3/c1-2-3-4-5-6-7-8-13-20(27)23-16-21(28)26-24-15-18-14-17-11-9-10-12-19(17)25-22(18)29/h9-12,14-15H,2-8,13,16H2,1H3,(H,23,27)(H,25,29)(H,26,28)/b24-15-. The molecule has 156 valence electrons. The summed E-state index contributed by atoms with van der Waals surface area (Å²) in [5.41, 5.74) is 3.11. The zero-order valence-electron chi connectivity index (χ0n) is 17.0. The second kappa shape index (κ2) is 12.5. The Hall–Kier alpha value is -2.96. The summed E-state index contributed by atoms with van der Waals surface area (Å²) in [7, 11) is 0. The predicted molar refractivity (Wildman–Crippen MR) is 116 cm³/mol. The Labute approximate surface area is 171 Å². The van der Waals surface area contributed by atoms with Crippen LogP contribution in [0.15, 0.2) is 40.2 Å². The number of rotatable bonds is 12. The Morgan fingerprint density at radius 3 is 2.55 bits per heavy atom. The topological polar surface area (TPSA) is 103 Å². The fourth-order valence-electron chi connectivity index (χ4n) is 2.98. The molecule has 0 aliphatic carbocycles. The minimum absolute atomic E-state index is 0.135. The van der Waals surface area contributed by atoms with E-state index in [4.69, 9.17) is 0 Å². The molecule has 1 heterocycles. The number of benzene rings is 1. The molecule has 3 N–H and O–H groups in total. The highest BCUT2D eigenvalue weighted by molar-refractivity contribution is 5.89. The smallest absolute Gasteiger partial charge is 0.259 e. The third kappa shape index (κ3) is 8.29. The van der Waals surface area contributed by atoms with Gasteiger partial charge in [-0.25, -0.2) is 5.43 Å². The minimum Gasteiger partial charge on any atom is -0.347 e. The first-order valence-corrected chi connectivity index (χ1v) is 10.3. The van der Waals surface area contributed by atoms with Crippen LogP contribution in [-0.2, 0) is 9.59 Å². The molecule has 0 unspecified atom stereocenters. The summed E-state index contributed by atoms with van der Waals surface area (Å²) in [6.07, 6.45) is 9.72. The lowest BCUT2D eigenvalue weighted by molar-refractivity contribution is -0.126. The van der Waals surface area contributed by atoms with Gasteiger partial charge in [0, 0.05) is 11.9 Å². The Morgan fingerprint density at radius 2 is 1.76 bits per heavy atom. The monoisotopic (exact) mass is 398 g/mol. The summed E-state index contributed by atoms with van der Waals surface area (Å²) in [4.78, 5) is 38.3. The van der Waals surface area contributed by atoms with E-state index >= 15 is 0 Å². The molecule has 1 aromatic carbocycles. The van der Waals surface area contributed by atoms with E-state index in [9.17, 15) is 14.4 Å². The molecule has 2 rings (SSSR count). The number of aromatic nitrogens is 1. The summed E-state index contributed by atoms with van der Waals surface area (Å²) in [6, 6.07) is 9.11. The lowest BCUT2D eigenvalue weighted by atomic mass is 10.1. The number of hydrazone groups is 1. The molecule has 0 atom stereocenters. The minimum atomic E-state index is -0.439. The summed E-state index contributed by atoms with van der Waals surface area (Å²) < 4.78 is 0. The van der Waals surface area contributed by atoms with Crippen molar-refractivity contribution in [1.82, 2.24) is 15.7 Å². The number of amides is 2. The highest BCUT2D eigenvalue weighted by Crippen LogP contribution is 2.09. The highest BCUT2D eigenvalue weighted by Gasteiger charge is 2.05. The Kier molecular flexibility index (Phi) is 9.62. The van der Waals surface area contributed by atoms with Crippen LogP contribution in [0.3, 0.4) is 0 Å². The lowest BCUT2D eigenvalue weighted by Gasteiger charge is -2.04. The summed E-state index contributed by atoms with van der Waals surface area (Å²) in [5, 5.41) is 7.26. The lowest BCUT2D eigenvalue weighted by Crippen LogP contribution is -2.34. The van der Waals surface area contributed by atoms with Gasteiger partial charge in [0.15, 0.2) is 0 Å². The van der Waals surface area contributed by atoms with Crippen LogP contribution < -0.4 is 16.3 Å². The number of pyridine rings is 1. The number of para-hydroxylation sites is 1. The molecule has 29 heavy (non-hydrogen) atoms. The second-order valence-corrected chi connectivity index (χ2v) is 7.08. The van der Waals surface area contributed by atoms with E-state index in [2.05, 4.69) is 27.8 Å². The molecular formula is C22H30N4O3. The molecule has 7 nitrogen and oxygen atoms in total. The Morgan fingerprint density at radius 1 is 1.03 bits per heavy atom. The fraction of sp³-hybridized carbons (Fsp3) is 0.455. The van der Waals surface area contributed by atoms with Crippen LogP contribution in [0.2, 0.25) is 0 Å². The van der Waals surface area contributed by atoms with Crippen LogP contribution in [0.1, 0.15) is 63.9 Å². The van der Waals surface area contributed by atoms with E-state index in [0.29, 0.717) is 12.0 Å². The number of unbranched alkanes of at least 4 members (excludes halogenated alkanes) is 6. The zero-order chi connectivity index (χ0) is 20.9. The second-order valence-electron chi connectivity index (χ2n) is 7.08. The third-order valence-corrected chi connectivity index (χ3v) is 4.63. The van der Waals surface area contributed by atoms with Crippen LogP contribution in [0.5, 0.6) is 0 Å². The molecule has 0 aliphatic rings. The fourth-order valence-corrected chi connectivity index (χ4v) is 2.98. The molecule has 0 aliphatic heterocycles. The van der Waals surface area contributed by atoms with Crippen molar-refractivity contribution in [3.8, 4) is 0 Å². The molecular weight excluding hydrogens is 368 g/mol. The number of fused-ring (bicyclic) bond motifs is 1. The van der Waals surface area contributed by atoms with Crippen molar-refractivity contribution >= 4 is 28.9 Å². The van der Waals surface area contributed by atoms with Crippen molar-refractivity contribution in [2.45, 2.75) is 58.3 Å². The molecule has 0 saturated carbocycles. The Balaban J connectivity index is 1.66. The van der Waals surface area contributed by atoms with Gasteiger partial charge in [-0.15, -0.1) is 0 Å². The quantitative estimate of drug-likeness (QED) is 0.290. The van der Waals surface area contributed by atoms with Crippen molar-refractivity contribution in [3.05, 3.63) is 46.2 Å². The molecule has 1 aromatic heterocycles. The summed E-state index contributed by atoms with van der Waals surface area (Å²) in [6.45, 7) is 2.05. The van der Waals surface area contributed by atoms with Crippen LogP contribution in [0.25, 0.3) is 10.9 Å². The van der Waals surface area contributed by atoms with Gasteiger partial charge in [-0.3, -0.25) is 14.4 Å². The van der Waals surface area contributed by atoms with E-state index in [1.165, 1.54) is 31.9 Å². The molecule has 0 bridgehead atoms. The molecule has 0 spiro atoms. The number of aromatic amines is 1. The van der Waals surface area contributed by atoms with Crippen LogP contribution in [-0.4, -0.2) is 29.6 Å². The summed E-state index contributed by atoms with van der Waals surface area (Å²) in [5.74, 6) is -0.574. The first-order chi connectivity index (χ1) is 14.1. The van der Waals surface area contributed by atoms with Crippen LogP contribution in [0.4, 0.5) is 0 Å². The van der Waals surface area contributed by atoms with E-state index < -0.39 is 5.91 Å². The van der Waals surface area contributed by atoms with Crippen molar-refractivity contribution in [2.24, 2.45) is 5.10 Å². The maximum Gasteiger partial charge on any atom is 0.259 e. The van der Waals surface area contributed by atoms with Crippen molar-refractivity contribution in [3.63, 3.8) is 0 Å². The normalized spacial score (nSPS) is 11.1. The van der Waals surface area contributed by atoms with Gasteiger partial charge in [0.1, 0.15) is 0 Å². The van der Waals surface area contributed by atoms with Gasteiger partial charge >= 0.3 is 0 Å². The van der Waals surface area contributed by atoms with Gasteiger partial charge in [-0.2, -0.15) is 5.10 Å². The number of hydrogen-bond donors (Lipinski definition) is 3. The maximum absolute atomic E-state index is 12.0. The SMILES string of the molecule is CCCCCCCCCC(=O)NCC(=O)N/N=C\c1cc2ccccc2[nH]c1=O. The molecule has 0 fully saturated rings. The van der Waals surface area contributed by atoms with E-state index in [1.807, 2.05) is 24.3 Å². The molecule has 2 aromatic rings. The number of nitrogens with one attached hydrogen (secondary N) is 3. The highest BCUT2D eigenvalue weighted by atomic mass is 16.2. The number of H-pyrrole nitrogens is 1. The number of carbonyl (C=O) groups is 2. The van der Waals surface area contributed by atoms with Gasteiger partial charge in [-0.05, 0) is 23.9 Å². The first kappa shape index (κ1) is 22.3. The van der Waals surface area contributed by atoms with Gasteiger partial charge in [0.05, 0.1) is 18.3 Å². The molecule has 7 heteroatoms. The maximum atomic E-state index is 12.0. The molecule has 2 amide bonds. The van der Waals surface area contributed by atoms with E-state index in [1.54, 1.807) is 6.07 Å². The molecule has 0 radical (unpaired) electrons. The van der Waals surface area contributed by atoms with Crippen molar-refractivity contribution < 1.29 is 9.59 Å². The average Bonchev–Trinajstić information content (AvgIpc) is 2.72. The van der Waals surface area contributed by atoms with E-state index in [0.717, 1.165) is 30.2 Å². The van der Waals surface area contributed by atoms with E-state index in [-0.39, 0.29) is 18.0 Å². The van der Waals surface area contributed by atoms with Gasteiger partial charge in [-0.1, -0.05) is 63.6 Å². The van der Waals surface area contributed by atoms with Gasteiger partial charge in [0.2, 0.25) is 5.91 Å². The largest absolute Gasteiger partial charge is 0.347 e. The summed E-state index contributed by atoms with van der Waals surface area (Å²) >= 11 is 0. The molecule has 0 saturated heterocycles. The Bertz CT molecular complexity index is 889. The average molecular weight is 399 g/mol.